The molecule has 0 aliphatic carbocycles. The highest BCUT2D eigenvalue weighted by molar-refractivity contribution is 5.83. The van der Waals surface area contributed by atoms with Gasteiger partial charge in [-0.15, -0.1) is 0 Å². The van der Waals surface area contributed by atoms with Gasteiger partial charge in [0.05, 0.1) is 23.4 Å². The van der Waals surface area contributed by atoms with Crippen LogP contribution in [0.15, 0.2) is 0 Å². The Kier molecular flexibility index (Phi) is 3.81. The number of hydrogen-bond donors (Lipinski definition) is 0. The molecule has 0 N–H and O–H groups in total. The largest absolute Gasteiger partial charge is 0.461 e. The van der Waals surface area contributed by atoms with E-state index < -0.39 is 11.2 Å². The van der Waals surface area contributed by atoms with Crippen molar-refractivity contribution in [2.24, 2.45) is 0 Å². The molecule has 0 aromatic carbocycles. The lowest BCUT2D eigenvalue weighted by Gasteiger charge is -2.11. The fourth-order valence-electron chi connectivity index (χ4n) is 4.42. The average Bonchev–Trinajstić information content (AvgIpc) is 3.55. The highest BCUT2D eigenvalue weighted by Crippen LogP contribution is 2.49. The summed E-state index contributed by atoms with van der Waals surface area (Å²) in [6, 6.07) is 0. The predicted octanol–water partition coefficient (Wildman–Crippen LogP) is 1.28. The molecule has 5 saturated heterocycles. The van der Waals surface area contributed by atoms with Crippen molar-refractivity contribution < 1.29 is 38.0 Å². The van der Waals surface area contributed by atoms with E-state index in [9.17, 15) is 9.59 Å². The van der Waals surface area contributed by atoms with Crippen LogP contribution in [0.3, 0.4) is 0 Å². The maximum absolute atomic E-state index is 12.4. The number of esters is 2. The smallest absolute Gasteiger partial charge is 0.340 e. The van der Waals surface area contributed by atoms with Crippen molar-refractivity contribution in [3.05, 3.63) is 0 Å². The lowest BCUT2D eigenvalue weighted by Crippen LogP contribution is -2.30. The van der Waals surface area contributed by atoms with Crippen molar-refractivity contribution in [3.8, 4) is 0 Å². The topological polar surface area (TPSA) is 103 Å². The fraction of sp³-hybridized carbons (Fsp3) is 0.900. The minimum atomic E-state index is -0.881. The summed E-state index contributed by atoms with van der Waals surface area (Å²) in [7, 11) is 0. The van der Waals surface area contributed by atoms with E-state index in [-0.39, 0.29) is 60.8 Å². The predicted molar refractivity (Wildman–Crippen MR) is 93.5 cm³/mol. The monoisotopic (exact) mass is 396 g/mol. The second kappa shape index (κ2) is 5.68. The highest BCUT2D eigenvalue weighted by atomic mass is 16.7. The van der Waals surface area contributed by atoms with Gasteiger partial charge in [-0.1, -0.05) is 0 Å². The van der Waals surface area contributed by atoms with Crippen LogP contribution >= 0.6 is 0 Å². The van der Waals surface area contributed by atoms with Gasteiger partial charge in [0.15, 0.2) is 11.2 Å². The molecule has 28 heavy (non-hydrogen) atoms. The fourth-order valence-corrected chi connectivity index (χ4v) is 4.42. The molecule has 0 saturated carbocycles. The molecular weight excluding hydrogens is 368 g/mol. The van der Waals surface area contributed by atoms with Gasteiger partial charge >= 0.3 is 11.9 Å². The summed E-state index contributed by atoms with van der Waals surface area (Å²) in [4.78, 5) is 24.9. The summed E-state index contributed by atoms with van der Waals surface area (Å²) >= 11 is 0. The quantitative estimate of drug-likeness (QED) is 0.446. The van der Waals surface area contributed by atoms with Gasteiger partial charge in [-0.2, -0.15) is 0 Å². The van der Waals surface area contributed by atoms with Gasteiger partial charge in [0.25, 0.3) is 0 Å². The lowest BCUT2D eigenvalue weighted by atomic mass is 9.95. The Morgan fingerprint density at radius 3 is 1.43 bits per heavy atom. The molecule has 5 fully saturated rings. The SMILES string of the molecule is C[C@@]12O[C@H]1CC[C@]1(C)O[C@@H]1COC(=O)[C@]1(C)O[C@H]1CC[C@]1(C)O[C@@H]1COC2=O. The number of hydrogen-bond acceptors (Lipinski definition) is 8. The molecule has 0 radical (unpaired) electrons. The first-order valence-corrected chi connectivity index (χ1v) is 10.1. The van der Waals surface area contributed by atoms with Crippen LogP contribution in [0.1, 0.15) is 53.4 Å². The Morgan fingerprint density at radius 1 is 0.643 bits per heavy atom. The van der Waals surface area contributed by atoms with Gasteiger partial charge < -0.3 is 28.4 Å². The van der Waals surface area contributed by atoms with Gasteiger partial charge in [-0.25, -0.2) is 9.59 Å². The van der Waals surface area contributed by atoms with Gasteiger partial charge in [-0.05, 0) is 53.4 Å². The molecule has 5 aliphatic rings. The summed E-state index contributed by atoms with van der Waals surface area (Å²) in [6.45, 7) is 7.96. The number of epoxide rings is 4. The number of rotatable bonds is 0. The van der Waals surface area contributed by atoms with Crippen LogP contribution < -0.4 is 0 Å². The maximum Gasteiger partial charge on any atom is 0.340 e. The van der Waals surface area contributed by atoms with E-state index in [2.05, 4.69) is 0 Å². The van der Waals surface area contributed by atoms with Gasteiger partial charge in [0, 0.05) is 0 Å². The Labute approximate surface area is 164 Å². The molecule has 5 heterocycles. The van der Waals surface area contributed by atoms with E-state index in [4.69, 9.17) is 28.4 Å². The minimum absolute atomic E-state index is 0.132. The van der Waals surface area contributed by atoms with Crippen LogP contribution in [0.5, 0.6) is 0 Å². The summed E-state index contributed by atoms with van der Waals surface area (Å²) < 4.78 is 33.7. The average molecular weight is 396 g/mol. The number of cyclic esters (lactones) is 2. The molecule has 5 aliphatic heterocycles. The zero-order valence-electron chi connectivity index (χ0n) is 16.8. The van der Waals surface area contributed by atoms with E-state index >= 15 is 0 Å². The Bertz CT molecular complexity index is 665. The molecule has 5 rings (SSSR count). The molecule has 8 heteroatoms. The number of fused-ring (bicyclic) bond motifs is 4. The first-order chi connectivity index (χ1) is 13.1. The first kappa shape index (κ1) is 18.8. The zero-order valence-corrected chi connectivity index (χ0v) is 16.8. The second-order valence-corrected chi connectivity index (χ2v) is 9.54. The Balaban J connectivity index is 1.25. The van der Waals surface area contributed by atoms with Crippen molar-refractivity contribution in [1.82, 2.24) is 0 Å². The van der Waals surface area contributed by atoms with E-state index in [0.29, 0.717) is 12.8 Å². The van der Waals surface area contributed by atoms with E-state index in [1.54, 1.807) is 13.8 Å². The third-order valence-electron chi connectivity index (χ3n) is 7.31. The van der Waals surface area contributed by atoms with E-state index in [0.717, 1.165) is 12.8 Å². The standard InChI is InChI=1S/C20H28O8/c1-17-7-5-11-19(3,27-11)16(22)24-10-14-18(2,26-14)8-6-12-20(4,28-12)15(21)23-9-13(17)25-17/h11-14H,5-10H2,1-4H3/t11-,12-,13+,14+,17-,18-,19+,20+/m0/s1. The molecular formula is C20H28O8. The zero-order chi connectivity index (χ0) is 19.9. The van der Waals surface area contributed by atoms with Crippen molar-refractivity contribution in [2.45, 2.75) is 100 Å². The first-order valence-electron chi connectivity index (χ1n) is 10.1. The van der Waals surface area contributed by atoms with Crippen molar-refractivity contribution in [3.63, 3.8) is 0 Å². The van der Waals surface area contributed by atoms with Crippen molar-refractivity contribution in [1.29, 1.82) is 0 Å². The molecule has 8 nitrogen and oxygen atoms in total. The third-order valence-corrected chi connectivity index (χ3v) is 7.31. The summed E-state index contributed by atoms with van der Waals surface area (Å²) in [5.74, 6) is -0.663. The van der Waals surface area contributed by atoms with E-state index in [1.807, 2.05) is 13.8 Å². The van der Waals surface area contributed by atoms with Gasteiger partial charge in [-0.3, -0.25) is 0 Å². The van der Waals surface area contributed by atoms with Crippen LogP contribution in [0.4, 0.5) is 0 Å². The van der Waals surface area contributed by atoms with Crippen LogP contribution in [0.25, 0.3) is 0 Å². The van der Waals surface area contributed by atoms with Gasteiger partial charge in [0.2, 0.25) is 0 Å². The summed E-state index contributed by atoms with van der Waals surface area (Å²) in [5, 5.41) is 0. The van der Waals surface area contributed by atoms with Crippen LogP contribution in [-0.2, 0) is 38.0 Å². The Hall–Kier alpha value is -1.22. The molecule has 0 aromatic rings. The minimum Gasteiger partial charge on any atom is -0.461 e. The molecule has 0 unspecified atom stereocenters. The van der Waals surface area contributed by atoms with Gasteiger partial charge in [0.1, 0.15) is 25.4 Å². The number of carbonyl (C=O) groups excluding carboxylic acids is 2. The normalized spacial score (nSPS) is 55.7. The lowest BCUT2D eigenvalue weighted by molar-refractivity contribution is -0.150. The van der Waals surface area contributed by atoms with Crippen molar-refractivity contribution >= 4 is 11.9 Å². The molecule has 0 spiro atoms. The molecule has 0 aromatic heterocycles. The maximum atomic E-state index is 12.4. The Morgan fingerprint density at radius 2 is 1.04 bits per heavy atom. The molecule has 156 valence electrons. The van der Waals surface area contributed by atoms with Crippen LogP contribution in [0, 0.1) is 0 Å². The van der Waals surface area contributed by atoms with Crippen molar-refractivity contribution in [2.75, 3.05) is 13.2 Å². The molecule has 8 atom stereocenters. The highest BCUT2D eigenvalue weighted by Gasteiger charge is 2.64. The van der Waals surface area contributed by atoms with Crippen LogP contribution in [0.2, 0.25) is 0 Å². The second-order valence-electron chi connectivity index (χ2n) is 9.54. The number of carbonyl (C=O) groups is 2. The van der Waals surface area contributed by atoms with Crippen LogP contribution in [-0.4, -0.2) is 72.0 Å². The number of ether oxygens (including phenoxy) is 6. The molecule has 0 amide bonds. The molecule has 0 bridgehead atoms. The summed E-state index contributed by atoms with van der Waals surface area (Å²) in [6.07, 6.45) is 2.22. The van der Waals surface area contributed by atoms with E-state index in [1.165, 1.54) is 0 Å². The summed E-state index contributed by atoms with van der Waals surface area (Å²) in [5.41, 5.74) is -2.46. The third kappa shape index (κ3) is 2.96.